The molecule has 1 saturated heterocycles. The number of hydrogen-bond donors (Lipinski definition) is 1. The number of anilines is 3. The van der Waals surface area contributed by atoms with Crippen molar-refractivity contribution in [2.75, 3.05) is 30.0 Å². The van der Waals surface area contributed by atoms with Crippen molar-refractivity contribution in [2.24, 2.45) is 0 Å². The SMILES string of the molecule is CCOCCn1cc(Nc2nc(-c3ccc(N4CCCC4=O)cc3)cs2)c(C)n1. The van der Waals surface area contributed by atoms with Crippen LogP contribution in [0.25, 0.3) is 11.3 Å². The molecule has 4 rings (SSSR count). The van der Waals surface area contributed by atoms with E-state index in [-0.39, 0.29) is 5.91 Å². The minimum absolute atomic E-state index is 0.204. The number of hydrogen-bond acceptors (Lipinski definition) is 6. The lowest BCUT2D eigenvalue weighted by molar-refractivity contribution is -0.117. The van der Waals surface area contributed by atoms with E-state index < -0.39 is 0 Å². The molecular weight excluding hydrogens is 386 g/mol. The lowest BCUT2D eigenvalue weighted by atomic mass is 10.1. The average Bonchev–Trinajstić information content (AvgIpc) is 3.44. The summed E-state index contributed by atoms with van der Waals surface area (Å²) < 4.78 is 7.28. The van der Waals surface area contributed by atoms with Crippen LogP contribution in [0.1, 0.15) is 25.5 Å². The van der Waals surface area contributed by atoms with Gasteiger partial charge >= 0.3 is 0 Å². The van der Waals surface area contributed by atoms with Gasteiger partial charge in [-0.05, 0) is 32.4 Å². The van der Waals surface area contributed by atoms with Gasteiger partial charge in [0.1, 0.15) is 0 Å². The van der Waals surface area contributed by atoms with Crippen LogP contribution in [-0.2, 0) is 16.1 Å². The number of carbonyl (C=O) groups is 1. The highest BCUT2D eigenvalue weighted by Crippen LogP contribution is 2.30. The summed E-state index contributed by atoms with van der Waals surface area (Å²) in [5.41, 5.74) is 4.79. The van der Waals surface area contributed by atoms with Gasteiger partial charge in [0.05, 0.1) is 30.2 Å². The molecule has 0 aliphatic carbocycles. The Bertz CT molecular complexity index is 979. The summed E-state index contributed by atoms with van der Waals surface area (Å²) in [6.45, 7) is 6.86. The Morgan fingerprint density at radius 2 is 2.10 bits per heavy atom. The molecular formula is C21H25N5O2S. The Kier molecular flexibility index (Phi) is 5.92. The van der Waals surface area contributed by atoms with E-state index in [1.807, 2.05) is 59.3 Å². The van der Waals surface area contributed by atoms with Gasteiger partial charge < -0.3 is 15.0 Å². The molecule has 0 bridgehead atoms. The minimum atomic E-state index is 0.204. The predicted molar refractivity (Wildman–Crippen MR) is 116 cm³/mol. The smallest absolute Gasteiger partial charge is 0.227 e. The summed E-state index contributed by atoms with van der Waals surface area (Å²) in [6, 6.07) is 8.04. The molecule has 1 aliphatic heterocycles. The molecule has 1 aliphatic rings. The summed E-state index contributed by atoms with van der Waals surface area (Å²) in [5, 5.41) is 10.7. The second-order valence-electron chi connectivity index (χ2n) is 6.95. The van der Waals surface area contributed by atoms with Crippen molar-refractivity contribution in [3.63, 3.8) is 0 Å². The molecule has 1 fully saturated rings. The van der Waals surface area contributed by atoms with Gasteiger partial charge in [-0.3, -0.25) is 9.48 Å². The maximum absolute atomic E-state index is 11.9. The quantitative estimate of drug-likeness (QED) is 0.562. The molecule has 152 valence electrons. The van der Waals surface area contributed by atoms with E-state index in [0.29, 0.717) is 19.6 Å². The lowest BCUT2D eigenvalue weighted by Gasteiger charge is -2.15. The fraction of sp³-hybridized carbons (Fsp3) is 0.381. The molecule has 7 nitrogen and oxygen atoms in total. The maximum atomic E-state index is 11.9. The number of amides is 1. The molecule has 1 aromatic carbocycles. The van der Waals surface area contributed by atoms with Crippen molar-refractivity contribution in [3.8, 4) is 11.3 Å². The number of aromatic nitrogens is 3. The second kappa shape index (κ2) is 8.75. The number of benzene rings is 1. The molecule has 3 aromatic rings. The number of rotatable bonds is 8. The van der Waals surface area contributed by atoms with E-state index in [1.165, 1.54) is 0 Å². The van der Waals surface area contributed by atoms with Crippen LogP contribution in [0.5, 0.6) is 0 Å². The Hall–Kier alpha value is -2.71. The van der Waals surface area contributed by atoms with Gasteiger partial charge in [-0.1, -0.05) is 12.1 Å². The van der Waals surface area contributed by atoms with E-state index >= 15 is 0 Å². The maximum Gasteiger partial charge on any atom is 0.227 e. The molecule has 0 atom stereocenters. The van der Waals surface area contributed by atoms with Crippen LogP contribution in [0, 0.1) is 6.92 Å². The third kappa shape index (κ3) is 4.49. The number of thiazole rings is 1. The fourth-order valence-corrected chi connectivity index (χ4v) is 4.10. The summed E-state index contributed by atoms with van der Waals surface area (Å²) in [5.74, 6) is 0.204. The highest BCUT2D eigenvalue weighted by atomic mass is 32.1. The first-order valence-corrected chi connectivity index (χ1v) is 10.8. The summed E-state index contributed by atoms with van der Waals surface area (Å²) in [6.07, 6.45) is 3.56. The normalized spacial score (nSPS) is 14.0. The van der Waals surface area contributed by atoms with Crippen molar-refractivity contribution in [3.05, 3.63) is 41.5 Å². The first-order chi connectivity index (χ1) is 14.1. The number of nitrogens with zero attached hydrogens (tertiary/aromatic N) is 4. The first-order valence-electron chi connectivity index (χ1n) is 9.89. The molecule has 3 heterocycles. The van der Waals surface area contributed by atoms with Crippen LogP contribution in [0.2, 0.25) is 0 Å². The number of aryl methyl sites for hydroxylation is 1. The van der Waals surface area contributed by atoms with Gasteiger partial charge in [-0.15, -0.1) is 11.3 Å². The first kappa shape index (κ1) is 19.6. The van der Waals surface area contributed by atoms with Crippen LogP contribution < -0.4 is 10.2 Å². The average molecular weight is 412 g/mol. The van der Waals surface area contributed by atoms with Crippen molar-refractivity contribution in [2.45, 2.75) is 33.2 Å². The number of nitrogens with one attached hydrogen (secondary N) is 1. The second-order valence-corrected chi connectivity index (χ2v) is 7.80. The van der Waals surface area contributed by atoms with Crippen molar-refractivity contribution in [1.29, 1.82) is 0 Å². The van der Waals surface area contributed by atoms with Gasteiger partial charge in [0, 0.05) is 42.4 Å². The molecule has 8 heteroatoms. The number of carbonyl (C=O) groups excluding carboxylic acids is 1. The van der Waals surface area contributed by atoms with E-state index in [0.717, 1.165) is 53.0 Å². The zero-order valence-corrected chi connectivity index (χ0v) is 17.5. The van der Waals surface area contributed by atoms with Crippen LogP contribution in [0.3, 0.4) is 0 Å². The summed E-state index contributed by atoms with van der Waals surface area (Å²) >= 11 is 1.56. The van der Waals surface area contributed by atoms with E-state index in [9.17, 15) is 4.79 Å². The van der Waals surface area contributed by atoms with Gasteiger partial charge in [0.2, 0.25) is 5.91 Å². The van der Waals surface area contributed by atoms with E-state index in [1.54, 1.807) is 11.3 Å². The molecule has 29 heavy (non-hydrogen) atoms. The van der Waals surface area contributed by atoms with Gasteiger partial charge in [-0.25, -0.2) is 4.98 Å². The largest absolute Gasteiger partial charge is 0.380 e. The van der Waals surface area contributed by atoms with Crippen molar-refractivity contribution >= 4 is 33.8 Å². The summed E-state index contributed by atoms with van der Waals surface area (Å²) in [7, 11) is 0. The molecule has 0 unspecified atom stereocenters. The van der Waals surface area contributed by atoms with Gasteiger partial charge in [0.25, 0.3) is 0 Å². The van der Waals surface area contributed by atoms with Gasteiger partial charge in [-0.2, -0.15) is 5.10 Å². The minimum Gasteiger partial charge on any atom is -0.380 e. The Morgan fingerprint density at radius 3 is 2.83 bits per heavy atom. The fourth-order valence-electron chi connectivity index (χ4n) is 3.37. The van der Waals surface area contributed by atoms with Crippen molar-refractivity contribution in [1.82, 2.24) is 14.8 Å². The zero-order chi connectivity index (χ0) is 20.2. The molecule has 2 aromatic heterocycles. The zero-order valence-electron chi connectivity index (χ0n) is 16.7. The molecule has 1 amide bonds. The van der Waals surface area contributed by atoms with Crippen molar-refractivity contribution < 1.29 is 9.53 Å². The topological polar surface area (TPSA) is 72.3 Å². The Labute approximate surface area is 174 Å². The molecule has 1 N–H and O–H groups in total. The third-order valence-corrected chi connectivity index (χ3v) is 5.67. The standard InChI is InChI=1S/C21H25N5O2S/c1-3-28-12-11-25-13-18(15(2)24-25)22-21-23-19(14-29-21)16-6-8-17(9-7-16)26-10-4-5-20(26)27/h6-9,13-14H,3-5,10-12H2,1-2H3,(H,22,23). The highest BCUT2D eigenvalue weighted by Gasteiger charge is 2.21. The Morgan fingerprint density at radius 1 is 1.28 bits per heavy atom. The molecule has 0 saturated carbocycles. The van der Waals surface area contributed by atoms with Crippen LogP contribution in [-0.4, -0.2) is 40.4 Å². The van der Waals surface area contributed by atoms with Crippen LogP contribution in [0.4, 0.5) is 16.5 Å². The van der Waals surface area contributed by atoms with Gasteiger partial charge in [0.15, 0.2) is 5.13 Å². The highest BCUT2D eigenvalue weighted by molar-refractivity contribution is 7.14. The van der Waals surface area contributed by atoms with Crippen LogP contribution >= 0.6 is 11.3 Å². The van der Waals surface area contributed by atoms with E-state index in [4.69, 9.17) is 9.72 Å². The molecule has 0 spiro atoms. The lowest BCUT2D eigenvalue weighted by Crippen LogP contribution is -2.23. The summed E-state index contributed by atoms with van der Waals surface area (Å²) in [4.78, 5) is 18.5. The monoisotopic (exact) mass is 411 g/mol. The third-order valence-electron chi connectivity index (χ3n) is 4.91. The van der Waals surface area contributed by atoms with Crippen LogP contribution in [0.15, 0.2) is 35.8 Å². The van der Waals surface area contributed by atoms with E-state index in [2.05, 4.69) is 10.4 Å². The Balaban J connectivity index is 1.43. The number of ether oxygens (including phenoxy) is 1. The predicted octanol–water partition coefficient (Wildman–Crippen LogP) is 4.22. The molecule has 0 radical (unpaired) electrons.